The number of hydrogen-bond donors (Lipinski definition) is 1. The van der Waals surface area contributed by atoms with Crippen LogP contribution < -0.4 is 0 Å². The first kappa shape index (κ1) is 35.9. The van der Waals surface area contributed by atoms with Crippen LogP contribution in [0.15, 0.2) is 0 Å². The van der Waals surface area contributed by atoms with Crippen molar-refractivity contribution in [3.8, 4) is 0 Å². The lowest BCUT2D eigenvalue weighted by atomic mass is 9.91. The molecule has 0 radical (unpaired) electrons. The molecule has 0 saturated heterocycles. The van der Waals surface area contributed by atoms with E-state index in [-0.39, 0.29) is 24.9 Å². The van der Waals surface area contributed by atoms with Crippen molar-refractivity contribution < 1.29 is 32.0 Å². The summed E-state index contributed by atoms with van der Waals surface area (Å²) < 4.78 is 45.3. The van der Waals surface area contributed by atoms with Gasteiger partial charge in [0.2, 0.25) is 0 Å². The van der Waals surface area contributed by atoms with Crippen LogP contribution in [0.2, 0.25) is 0 Å². The average Bonchev–Trinajstić information content (AvgIpc) is 2.64. The number of carbonyl (C=O) groups is 2. The largest absolute Gasteiger partial charge is 0.462 e. The molecule has 0 aliphatic rings. The minimum Gasteiger partial charge on any atom is -0.462 e. The lowest BCUT2D eigenvalue weighted by Gasteiger charge is -2.26. The van der Waals surface area contributed by atoms with Gasteiger partial charge in [0.15, 0.2) is 5.25 Å². The first-order chi connectivity index (χ1) is 16.9. The summed E-state index contributed by atoms with van der Waals surface area (Å²) in [6.07, 6.45) is 3.27. The van der Waals surface area contributed by atoms with Crippen molar-refractivity contribution in [2.45, 2.75) is 138 Å². The van der Waals surface area contributed by atoms with Gasteiger partial charge in [-0.25, -0.2) is 0 Å². The van der Waals surface area contributed by atoms with E-state index in [0.29, 0.717) is 48.9 Å². The van der Waals surface area contributed by atoms with E-state index in [4.69, 9.17) is 9.47 Å². The molecule has 0 aromatic carbocycles. The minimum atomic E-state index is -4.74. The van der Waals surface area contributed by atoms with Gasteiger partial charge in [-0.15, -0.1) is 0 Å². The maximum absolute atomic E-state index is 12.9. The highest BCUT2D eigenvalue weighted by molar-refractivity contribution is 7.87. The van der Waals surface area contributed by atoms with Crippen molar-refractivity contribution in [2.24, 2.45) is 35.5 Å². The van der Waals surface area contributed by atoms with Crippen molar-refractivity contribution in [2.75, 3.05) is 0 Å². The van der Waals surface area contributed by atoms with Crippen LogP contribution in [0.25, 0.3) is 0 Å². The second-order valence-corrected chi connectivity index (χ2v) is 14.5. The molecule has 0 bridgehead atoms. The lowest BCUT2D eigenvalue weighted by Crippen LogP contribution is -2.36. The van der Waals surface area contributed by atoms with Crippen molar-refractivity contribution in [3.05, 3.63) is 0 Å². The fourth-order valence-corrected chi connectivity index (χ4v) is 5.97. The highest BCUT2D eigenvalue weighted by atomic mass is 32.2. The summed E-state index contributed by atoms with van der Waals surface area (Å²) in [7, 11) is -4.74. The first-order valence-electron chi connectivity index (χ1n) is 14.3. The van der Waals surface area contributed by atoms with E-state index >= 15 is 0 Å². The van der Waals surface area contributed by atoms with E-state index in [0.717, 1.165) is 19.3 Å². The normalized spacial score (nSPS) is 16.6. The molecular weight excluding hydrogens is 492 g/mol. The third-order valence-electron chi connectivity index (χ3n) is 6.36. The zero-order valence-corrected chi connectivity index (χ0v) is 26.0. The van der Waals surface area contributed by atoms with Crippen LogP contribution >= 0.6 is 0 Å². The molecule has 0 aliphatic heterocycles. The van der Waals surface area contributed by atoms with Gasteiger partial charge >= 0.3 is 11.9 Å². The van der Waals surface area contributed by atoms with Crippen molar-refractivity contribution in [3.63, 3.8) is 0 Å². The molecule has 0 aliphatic carbocycles. The molecule has 0 aromatic heterocycles. The van der Waals surface area contributed by atoms with Gasteiger partial charge in [-0.3, -0.25) is 14.1 Å². The Bertz CT molecular complexity index is 758. The fraction of sp³-hybridized carbons (Fsp3) is 0.931. The Balaban J connectivity index is 5.30. The van der Waals surface area contributed by atoms with E-state index in [2.05, 4.69) is 55.4 Å². The van der Waals surface area contributed by atoms with Crippen LogP contribution in [0, 0.1) is 35.5 Å². The number of rotatable bonds is 19. The molecule has 1 N–H and O–H groups in total. The molecule has 5 unspecified atom stereocenters. The Morgan fingerprint density at radius 3 is 1.35 bits per heavy atom. The smallest absolute Gasteiger partial charge is 0.327 e. The standard InChI is InChI=1S/C29H56O7S/c1-19(2)13-23(9)17-25(15-21(5)6)35-28(30)12-11-27(37(32,33)34)29(31)36-26(16-22(7)8)18-24(10)14-20(3)4/h19-27H,11-18H2,1-10H3,(H,32,33,34). The second kappa shape index (κ2) is 17.4. The molecule has 37 heavy (non-hydrogen) atoms. The van der Waals surface area contributed by atoms with Gasteiger partial charge < -0.3 is 9.47 Å². The Kier molecular flexibility index (Phi) is 16.9. The molecule has 5 atom stereocenters. The third kappa shape index (κ3) is 17.9. The summed E-state index contributed by atoms with van der Waals surface area (Å²) in [6, 6.07) is 0. The predicted molar refractivity (Wildman–Crippen MR) is 150 cm³/mol. The van der Waals surface area contributed by atoms with Gasteiger partial charge in [-0.05, 0) is 80.5 Å². The average molecular weight is 549 g/mol. The number of hydrogen-bond acceptors (Lipinski definition) is 6. The molecule has 220 valence electrons. The molecule has 0 rings (SSSR count). The lowest BCUT2D eigenvalue weighted by molar-refractivity contribution is -0.152. The monoisotopic (exact) mass is 548 g/mol. The first-order valence-corrected chi connectivity index (χ1v) is 15.8. The van der Waals surface area contributed by atoms with Crippen molar-refractivity contribution >= 4 is 22.1 Å². The predicted octanol–water partition coefficient (Wildman–Crippen LogP) is 7.08. The molecular formula is C29H56O7S. The highest BCUT2D eigenvalue weighted by Gasteiger charge is 2.35. The molecule has 0 fully saturated rings. The Hall–Kier alpha value is -1.15. The van der Waals surface area contributed by atoms with Crippen LogP contribution in [0.5, 0.6) is 0 Å². The van der Waals surface area contributed by atoms with E-state index in [1.807, 2.05) is 13.8 Å². The van der Waals surface area contributed by atoms with E-state index in [1.165, 1.54) is 0 Å². The van der Waals surface area contributed by atoms with Crippen LogP contribution in [0.3, 0.4) is 0 Å². The summed E-state index contributed by atoms with van der Waals surface area (Å²) in [5.74, 6) is 0.740. The molecule has 8 heteroatoms. The van der Waals surface area contributed by atoms with Crippen LogP contribution in [0.4, 0.5) is 0 Å². The Morgan fingerprint density at radius 2 is 1.00 bits per heavy atom. The summed E-state index contributed by atoms with van der Waals surface area (Å²) in [6.45, 7) is 21.0. The molecule has 0 amide bonds. The molecule has 0 saturated carbocycles. The van der Waals surface area contributed by atoms with Gasteiger partial charge in [0.05, 0.1) is 0 Å². The Labute approximate surface area is 227 Å². The minimum absolute atomic E-state index is 0.249. The number of carbonyl (C=O) groups excluding carboxylic acids is 2. The van der Waals surface area contributed by atoms with E-state index < -0.39 is 33.4 Å². The van der Waals surface area contributed by atoms with Gasteiger partial charge in [0.1, 0.15) is 12.2 Å². The molecule has 0 heterocycles. The van der Waals surface area contributed by atoms with E-state index in [1.54, 1.807) is 0 Å². The fourth-order valence-electron chi connectivity index (χ4n) is 5.26. The summed E-state index contributed by atoms with van der Waals surface area (Å²) >= 11 is 0. The van der Waals surface area contributed by atoms with Crippen molar-refractivity contribution in [1.29, 1.82) is 0 Å². The van der Waals surface area contributed by atoms with E-state index in [9.17, 15) is 22.6 Å². The van der Waals surface area contributed by atoms with Crippen molar-refractivity contribution in [1.82, 2.24) is 0 Å². The zero-order valence-electron chi connectivity index (χ0n) is 25.2. The maximum atomic E-state index is 12.9. The quantitative estimate of drug-likeness (QED) is 0.136. The number of esters is 2. The second-order valence-electron chi connectivity index (χ2n) is 12.9. The van der Waals surface area contributed by atoms with Gasteiger partial charge in [0, 0.05) is 6.42 Å². The zero-order chi connectivity index (χ0) is 28.9. The third-order valence-corrected chi connectivity index (χ3v) is 7.51. The summed E-state index contributed by atoms with van der Waals surface area (Å²) in [5.41, 5.74) is 0. The van der Waals surface area contributed by atoms with Crippen LogP contribution in [-0.4, -0.2) is 42.4 Å². The topological polar surface area (TPSA) is 107 Å². The summed E-state index contributed by atoms with van der Waals surface area (Å²) in [5, 5.41) is -1.81. The van der Waals surface area contributed by atoms with Crippen LogP contribution in [-0.2, 0) is 29.2 Å². The van der Waals surface area contributed by atoms with Gasteiger partial charge in [-0.1, -0.05) is 69.2 Å². The molecule has 7 nitrogen and oxygen atoms in total. The molecule has 0 aromatic rings. The Morgan fingerprint density at radius 1 is 0.622 bits per heavy atom. The van der Waals surface area contributed by atoms with Gasteiger partial charge in [0.25, 0.3) is 10.1 Å². The maximum Gasteiger partial charge on any atom is 0.327 e. The van der Waals surface area contributed by atoms with Crippen LogP contribution in [0.1, 0.15) is 121 Å². The van der Waals surface area contributed by atoms with Gasteiger partial charge in [-0.2, -0.15) is 8.42 Å². The number of ether oxygens (including phenoxy) is 2. The molecule has 0 spiro atoms. The SMILES string of the molecule is CC(C)CC(C)CC(CC(C)C)OC(=O)CCC(C(=O)OC(CC(C)C)CC(C)CC(C)C)S(=O)(=O)O. The highest BCUT2D eigenvalue weighted by Crippen LogP contribution is 2.25. The summed E-state index contributed by atoms with van der Waals surface area (Å²) in [4.78, 5) is 25.6.